The molecule has 0 spiro atoms. The molecule has 2 aromatic rings. The minimum Gasteiger partial charge on any atom is -0.258 e. The molecule has 0 unspecified atom stereocenters. The van der Waals surface area contributed by atoms with Gasteiger partial charge in [-0.3, -0.25) is 15.1 Å². The number of benzene rings is 1. The number of halogens is 3. The quantitative estimate of drug-likeness (QED) is 0.485. The third kappa shape index (κ3) is 3.91. The summed E-state index contributed by atoms with van der Waals surface area (Å²) in [5.41, 5.74) is -0.658. The molecule has 5 nitrogen and oxygen atoms in total. The van der Waals surface area contributed by atoms with Crippen LogP contribution in [0.25, 0.3) is 11.6 Å². The van der Waals surface area contributed by atoms with Crippen molar-refractivity contribution in [3.63, 3.8) is 0 Å². The van der Waals surface area contributed by atoms with E-state index in [1.165, 1.54) is 30.3 Å². The highest BCUT2D eigenvalue weighted by molar-refractivity contribution is 5.88. The highest BCUT2D eigenvalue weighted by atomic mass is 19.4. The molecular formula is C15H8F3N3O2. The molecule has 2 rings (SSSR count). The number of alkyl halides is 3. The summed E-state index contributed by atoms with van der Waals surface area (Å²) in [5, 5.41) is 19.8. The summed E-state index contributed by atoms with van der Waals surface area (Å²) in [6, 6.07) is 9.24. The highest BCUT2D eigenvalue weighted by Gasteiger charge is 2.30. The molecule has 0 radical (unpaired) electrons. The second kappa shape index (κ2) is 6.27. The molecule has 0 atom stereocenters. The zero-order chi connectivity index (χ0) is 17.0. The van der Waals surface area contributed by atoms with E-state index in [1.54, 1.807) is 0 Å². The van der Waals surface area contributed by atoms with Crippen molar-refractivity contribution >= 4 is 17.3 Å². The lowest BCUT2D eigenvalue weighted by Gasteiger charge is -2.06. The van der Waals surface area contributed by atoms with Crippen LogP contribution in [0.3, 0.4) is 0 Å². The molecule has 1 aromatic carbocycles. The summed E-state index contributed by atoms with van der Waals surface area (Å²) in [7, 11) is 0. The van der Waals surface area contributed by atoms with Crippen LogP contribution in [0.4, 0.5) is 18.9 Å². The Labute approximate surface area is 128 Å². The van der Waals surface area contributed by atoms with Gasteiger partial charge in [-0.25, -0.2) is 0 Å². The van der Waals surface area contributed by atoms with Gasteiger partial charge < -0.3 is 0 Å². The van der Waals surface area contributed by atoms with Crippen LogP contribution in [0.1, 0.15) is 16.8 Å². The standard InChI is InChI=1S/C15H8F3N3O2/c16-15(17,18)12-4-5-14(20-9-12)11(8-19)6-10-2-1-3-13(7-10)21(22)23/h1-7,9H/b11-6+. The zero-order valence-corrected chi connectivity index (χ0v) is 11.4. The first-order chi connectivity index (χ1) is 10.8. The molecule has 23 heavy (non-hydrogen) atoms. The van der Waals surface area contributed by atoms with Crippen LogP contribution in [0.5, 0.6) is 0 Å². The van der Waals surface area contributed by atoms with Gasteiger partial charge in [-0.2, -0.15) is 18.4 Å². The van der Waals surface area contributed by atoms with Crippen molar-refractivity contribution in [3.05, 3.63) is 69.5 Å². The number of hydrogen-bond donors (Lipinski definition) is 0. The Bertz CT molecular complexity index is 806. The molecule has 0 fully saturated rings. The van der Waals surface area contributed by atoms with Gasteiger partial charge in [0, 0.05) is 18.3 Å². The third-order valence-electron chi connectivity index (χ3n) is 2.88. The van der Waals surface area contributed by atoms with E-state index in [1.807, 2.05) is 6.07 Å². The van der Waals surface area contributed by atoms with E-state index in [0.29, 0.717) is 11.8 Å². The molecular weight excluding hydrogens is 311 g/mol. The minimum absolute atomic E-state index is 0.000720. The Kier molecular flexibility index (Phi) is 4.41. The summed E-state index contributed by atoms with van der Waals surface area (Å²) in [5.74, 6) is 0. The van der Waals surface area contributed by atoms with E-state index in [9.17, 15) is 23.3 Å². The normalized spacial score (nSPS) is 11.8. The first-order valence-electron chi connectivity index (χ1n) is 6.21. The van der Waals surface area contributed by atoms with Crippen molar-refractivity contribution in [2.45, 2.75) is 6.18 Å². The second-order valence-electron chi connectivity index (χ2n) is 4.45. The number of hydrogen-bond acceptors (Lipinski definition) is 4. The van der Waals surface area contributed by atoms with Crippen LogP contribution in [-0.2, 0) is 6.18 Å². The smallest absolute Gasteiger partial charge is 0.258 e. The molecule has 0 aliphatic rings. The number of pyridine rings is 1. The number of allylic oxidation sites excluding steroid dienone is 1. The van der Waals surface area contributed by atoms with Crippen molar-refractivity contribution in [1.82, 2.24) is 4.98 Å². The fraction of sp³-hybridized carbons (Fsp3) is 0.0667. The van der Waals surface area contributed by atoms with Crippen LogP contribution in [0.2, 0.25) is 0 Å². The molecule has 0 amide bonds. The van der Waals surface area contributed by atoms with Crippen molar-refractivity contribution in [3.8, 4) is 6.07 Å². The summed E-state index contributed by atoms with van der Waals surface area (Å²) in [4.78, 5) is 13.8. The molecule has 0 aliphatic heterocycles. The van der Waals surface area contributed by atoms with Gasteiger partial charge in [0.15, 0.2) is 0 Å². The number of aromatic nitrogens is 1. The summed E-state index contributed by atoms with van der Waals surface area (Å²) in [6.45, 7) is 0. The lowest BCUT2D eigenvalue weighted by atomic mass is 10.1. The van der Waals surface area contributed by atoms with E-state index in [2.05, 4.69) is 4.98 Å². The number of non-ortho nitro benzene ring substituents is 1. The van der Waals surface area contributed by atoms with E-state index >= 15 is 0 Å². The van der Waals surface area contributed by atoms with Crippen LogP contribution in [0, 0.1) is 21.4 Å². The number of nitrogens with zero attached hydrogens (tertiary/aromatic N) is 3. The minimum atomic E-state index is -4.51. The van der Waals surface area contributed by atoms with E-state index < -0.39 is 16.7 Å². The largest absolute Gasteiger partial charge is 0.417 e. The maximum atomic E-state index is 12.5. The summed E-state index contributed by atoms with van der Waals surface area (Å²) < 4.78 is 37.5. The van der Waals surface area contributed by atoms with Crippen molar-refractivity contribution in [2.75, 3.05) is 0 Å². The zero-order valence-electron chi connectivity index (χ0n) is 11.4. The SMILES string of the molecule is N#C/C(=C\c1cccc([N+](=O)[O-])c1)c1ccc(C(F)(F)F)cn1. The van der Waals surface area contributed by atoms with Crippen LogP contribution >= 0.6 is 0 Å². The summed E-state index contributed by atoms with van der Waals surface area (Å²) in [6.07, 6.45) is -2.56. The van der Waals surface area contributed by atoms with Gasteiger partial charge in [0.2, 0.25) is 0 Å². The molecule has 0 saturated heterocycles. The number of nitriles is 1. The molecule has 0 aliphatic carbocycles. The van der Waals surface area contributed by atoms with Gasteiger partial charge in [0.25, 0.3) is 5.69 Å². The highest BCUT2D eigenvalue weighted by Crippen LogP contribution is 2.29. The fourth-order valence-corrected chi connectivity index (χ4v) is 1.78. The van der Waals surface area contributed by atoms with Crippen molar-refractivity contribution in [2.24, 2.45) is 0 Å². The Balaban J connectivity index is 2.38. The van der Waals surface area contributed by atoms with Gasteiger partial charge in [0.05, 0.1) is 21.8 Å². The van der Waals surface area contributed by atoms with Gasteiger partial charge in [0.1, 0.15) is 6.07 Å². The molecule has 1 heterocycles. The van der Waals surface area contributed by atoms with Crippen molar-refractivity contribution < 1.29 is 18.1 Å². The first-order valence-corrected chi connectivity index (χ1v) is 6.21. The molecule has 116 valence electrons. The maximum absolute atomic E-state index is 12.5. The van der Waals surface area contributed by atoms with Crippen LogP contribution in [-0.4, -0.2) is 9.91 Å². The van der Waals surface area contributed by atoms with Gasteiger partial charge >= 0.3 is 6.18 Å². The Morgan fingerprint density at radius 3 is 2.57 bits per heavy atom. The predicted molar refractivity (Wildman–Crippen MR) is 75.8 cm³/mol. The van der Waals surface area contributed by atoms with E-state index in [4.69, 9.17) is 5.26 Å². The van der Waals surface area contributed by atoms with E-state index in [-0.39, 0.29) is 17.0 Å². The monoisotopic (exact) mass is 319 g/mol. The fourth-order valence-electron chi connectivity index (χ4n) is 1.78. The third-order valence-corrected chi connectivity index (χ3v) is 2.88. The predicted octanol–water partition coefficient (Wildman–Crippen LogP) is 4.07. The second-order valence-corrected chi connectivity index (χ2v) is 4.45. The summed E-state index contributed by atoms with van der Waals surface area (Å²) >= 11 is 0. The average Bonchev–Trinajstić information content (AvgIpc) is 2.52. The Morgan fingerprint density at radius 1 is 1.30 bits per heavy atom. The molecule has 0 N–H and O–H groups in total. The molecule has 0 saturated carbocycles. The first kappa shape index (κ1) is 16.2. The topological polar surface area (TPSA) is 79.8 Å². The van der Waals surface area contributed by atoms with Gasteiger partial charge in [-0.15, -0.1) is 0 Å². The molecule has 1 aromatic heterocycles. The Hall–Kier alpha value is -3.21. The number of nitro groups is 1. The van der Waals surface area contributed by atoms with Crippen LogP contribution < -0.4 is 0 Å². The maximum Gasteiger partial charge on any atom is 0.417 e. The van der Waals surface area contributed by atoms with Gasteiger partial charge in [-0.1, -0.05) is 12.1 Å². The number of rotatable bonds is 3. The molecule has 0 bridgehead atoms. The lowest BCUT2D eigenvalue weighted by molar-refractivity contribution is -0.384. The van der Waals surface area contributed by atoms with E-state index in [0.717, 1.165) is 12.1 Å². The average molecular weight is 319 g/mol. The van der Waals surface area contributed by atoms with Gasteiger partial charge in [-0.05, 0) is 23.8 Å². The lowest BCUT2D eigenvalue weighted by Crippen LogP contribution is -2.05. The van der Waals surface area contributed by atoms with Crippen molar-refractivity contribution in [1.29, 1.82) is 5.26 Å². The van der Waals surface area contributed by atoms with Crippen LogP contribution in [0.15, 0.2) is 42.6 Å². The molecule has 8 heteroatoms. The number of nitro benzene ring substituents is 1. The Morgan fingerprint density at radius 2 is 2.04 bits per heavy atom.